The summed E-state index contributed by atoms with van der Waals surface area (Å²) in [5, 5.41) is 2.95. The molecule has 2 aliphatic rings. The number of anilines is 3. The molecule has 2 heteroatoms. The summed E-state index contributed by atoms with van der Waals surface area (Å²) in [6.07, 6.45) is 0. The number of halogens is 1. The Labute approximate surface area is 291 Å². The van der Waals surface area contributed by atoms with E-state index in [4.69, 9.17) is 11.6 Å². The lowest BCUT2D eigenvalue weighted by atomic mass is 9.70. The summed E-state index contributed by atoms with van der Waals surface area (Å²) in [7, 11) is 0. The fraction of sp³-hybridized carbons (Fsp3) is 0.0213. The van der Waals surface area contributed by atoms with Crippen LogP contribution in [0.25, 0.3) is 44.2 Å². The quantitative estimate of drug-likeness (QED) is 0.184. The summed E-state index contributed by atoms with van der Waals surface area (Å²) in [5.74, 6) is 0. The molecule has 1 spiro atoms. The van der Waals surface area contributed by atoms with Gasteiger partial charge in [0.05, 0.1) is 11.1 Å². The van der Waals surface area contributed by atoms with Crippen LogP contribution in [0, 0.1) is 0 Å². The van der Waals surface area contributed by atoms with Crippen LogP contribution in [0.2, 0.25) is 5.02 Å². The molecular weight excluding hydrogens is 614 g/mol. The van der Waals surface area contributed by atoms with Gasteiger partial charge in [-0.3, -0.25) is 0 Å². The standard InChI is InChI=1S/C47H30ClN/c48-44-29-32(27-31-15-7-8-20-36(31)44)33-28-43-46(45(30-33)49(34-16-3-1-4-17-34)35-18-5-2-6-19-35)39-23-11-14-26-42(39)47(43)40-24-12-9-21-37(40)38-22-10-13-25-41(38)47/h1-30H. The minimum Gasteiger partial charge on any atom is -0.310 e. The van der Waals surface area contributed by atoms with Gasteiger partial charge in [0.2, 0.25) is 0 Å². The number of nitrogens with zero attached hydrogens (tertiary/aromatic N) is 1. The lowest BCUT2D eigenvalue weighted by Crippen LogP contribution is -2.26. The summed E-state index contributed by atoms with van der Waals surface area (Å²) < 4.78 is 0. The second kappa shape index (κ2) is 10.8. The molecule has 0 amide bonds. The maximum Gasteiger partial charge on any atom is 0.0726 e. The molecule has 8 aromatic rings. The summed E-state index contributed by atoms with van der Waals surface area (Å²) in [6, 6.07) is 66.1. The highest BCUT2D eigenvalue weighted by Gasteiger charge is 2.52. The molecule has 1 nitrogen and oxygen atoms in total. The number of fused-ring (bicyclic) bond motifs is 11. The fourth-order valence-electron chi connectivity index (χ4n) is 8.55. The Kier molecular flexibility index (Phi) is 6.22. The van der Waals surface area contributed by atoms with Crippen molar-refractivity contribution in [2.24, 2.45) is 0 Å². The van der Waals surface area contributed by atoms with Gasteiger partial charge in [0.15, 0.2) is 0 Å². The first-order valence-electron chi connectivity index (χ1n) is 16.8. The molecule has 0 unspecified atom stereocenters. The fourth-order valence-corrected chi connectivity index (χ4v) is 8.84. The molecule has 0 fully saturated rings. The molecule has 2 aliphatic carbocycles. The molecular formula is C47H30ClN. The molecule has 49 heavy (non-hydrogen) atoms. The lowest BCUT2D eigenvalue weighted by molar-refractivity contribution is 0.794. The highest BCUT2D eigenvalue weighted by Crippen LogP contribution is 2.65. The number of hydrogen-bond acceptors (Lipinski definition) is 1. The number of para-hydroxylation sites is 2. The summed E-state index contributed by atoms with van der Waals surface area (Å²) >= 11 is 7.04. The van der Waals surface area contributed by atoms with Gasteiger partial charge in [-0.25, -0.2) is 0 Å². The van der Waals surface area contributed by atoms with E-state index in [-0.39, 0.29) is 0 Å². The van der Waals surface area contributed by atoms with Crippen LogP contribution < -0.4 is 4.90 Å². The average molecular weight is 644 g/mol. The Morgan fingerprint density at radius 2 is 0.898 bits per heavy atom. The first-order chi connectivity index (χ1) is 24.2. The van der Waals surface area contributed by atoms with Crippen LogP contribution in [0.4, 0.5) is 17.1 Å². The summed E-state index contributed by atoms with van der Waals surface area (Å²) in [4.78, 5) is 2.42. The molecule has 0 N–H and O–H groups in total. The Bertz CT molecular complexity index is 2480. The largest absolute Gasteiger partial charge is 0.310 e. The van der Waals surface area contributed by atoms with Crippen molar-refractivity contribution < 1.29 is 0 Å². The molecule has 8 aromatic carbocycles. The van der Waals surface area contributed by atoms with Crippen LogP contribution in [-0.4, -0.2) is 0 Å². The number of benzene rings is 8. The third kappa shape index (κ3) is 4.00. The highest BCUT2D eigenvalue weighted by atomic mass is 35.5. The van der Waals surface area contributed by atoms with E-state index in [1.807, 2.05) is 0 Å². The summed E-state index contributed by atoms with van der Waals surface area (Å²) in [5.41, 5.74) is 15.5. The predicted molar refractivity (Wildman–Crippen MR) is 205 cm³/mol. The average Bonchev–Trinajstić information content (AvgIpc) is 3.63. The van der Waals surface area contributed by atoms with Gasteiger partial charge in [0.25, 0.3) is 0 Å². The maximum atomic E-state index is 7.04. The molecule has 0 atom stereocenters. The van der Waals surface area contributed by atoms with Crippen molar-refractivity contribution in [2.75, 3.05) is 4.90 Å². The van der Waals surface area contributed by atoms with Crippen molar-refractivity contribution in [3.8, 4) is 33.4 Å². The molecule has 10 rings (SSSR count). The molecule has 0 aliphatic heterocycles. The Hall–Kier alpha value is -5.89. The van der Waals surface area contributed by atoms with E-state index in [2.05, 4.69) is 187 Å². The predicted octanol–water partition coefficient (Wildman–Crippen LogP) is 13.0. The van der Waals surface area contributed by atoms with Crippen molar-refractivity contribution in [1.82, 2.24) is 0 Å². The highest BCUT2D eigenvalue weighted by molar-refractivity contribution is 6.36. The smallest absolute Gasteiger partial charge is 0.0726 e. The Morgan fingerprint density at radius 1 is 0.408 bits per heavy atom. The van der Waals surface area contributed by atoms with E-state index >= 15 is 0 Å². The number of hydrogen-bond donors (Lipinski definition) is 0. The maximum absolute atomic E-state index is 7.04. The minimum absolute atomic E-state index is 0.483. The van der Waals surface area contributed by atoms with Crippen LogP contribution in [0.3, 0.4) is 0 Å². The van der Waals surface area contributed by atoms with Crippen LogP contribution in [0.1, 0.15) is 22.3 Å². The third-order valence-electron chi connectivity index (χ3n) is 10.5. The molecule has 0 radical (unpaired) electrons. The third-order valence-corrected chi connectivity index (χ3v) is 10.8. The zero-order valence-corrected chi connectivity index (χ0v) is 27.4. The van der Waals surface area contributed by atoms with E-state index < -0.39 is 5.41 Å². The van der Waals surface area contributed by atoms with Gasteiger partial charge in [-0.1, -0.05) is 145 Å². The van der Waals surface area contributed by atoms with E-state index in [1.165, 1.54) is 44.5 Å². The van der Waals surface area contributed by atoms with Gasteiger partial charge >= 0.3 is 0 Å². The minimum atomic E-state index is -0.483. The second-order valence-electron chi connectivity index (χ2n) is 13.0. The van der Waals surface area contributed by atoms with Gasteiger partial charge in [-0.05, 0) is 104 Å². The van der Waals surface area contributed by atoms with Crippen LogP contribution in [-0.2, 0) is 5.41 Å². The molecule has 0 saturated heterocycles. The SMILES string of the molecule is Clc1cc(-c2cc(N(c3ccccc3)c3ccccc3)c3c(c2)C2(c4ccccc4-c4ccccc42)c2ccccc2-3)cc2ccccc12. The van der Waals surface area contributed by atoms with Crippen LogP contribution in [0.5, 0.6) is 0 Å². The van der Waals surface area contributed by atoms with Gasteiger partial charge in [-0.15, -0.1) is 0 Å². The summed E-state index contributed by atoms with van der Waals surface area (Å²) in [6.45, 7) is 0. The van der Waals surface area contributed by atoms with E-state index in [0.29, 0.717) is 0 Å². The van der Waals surface area contributed by atoms with E-state index in [0.717, 1.165) is 44.0 Å². The molecule has 0 aromatic heterocycles. The van der Waals surface area contributed by atoms with Gasteiger partial charge in [0.1, 0.15) is 0 Å². The van der Waals surface area contributed by atoms with E-state index in [1.54, 1.807) is 0 Å². The molecule has 0 bridgehead atoms. The second-order valence-corrected chi connectivity index (χ2v) is 13.4. The molecule has 230 valence electrons. The Balaban J connectivity index is 1.38. The van der Waals surface area contributed by atoms with Crippen molar-refractivity contribution >= 4 is 39.4 Å². The lowest BCUT2D eigenvalue weighted by Gasteiger charge is -2.32. The van der Waals surface area contributed by atoms with Gasteiger partial charge in [-0.2, -0.15) is 0 Å². The first kappa shape index (κ1) is 28.2. The van der Waals surface area contributed by atoms with Crippen molar-refractivity contribution in [2.45, 2.75) is 5.41 Å². The first-order valence-corrected chi connectivity index (χ1v) is 17.2. The van der Waals surface area contributed by atoms with Gasteiger partial charge < -0.3 is 4.90 Å². The van der Waals surface area contributed by atoms with Gasteiger partial charge in [0, 0.05) is 27.3 Å². The Morgan fingerprint density at radius 3 is 1.53 bits per heavy atom. The van der Waals surface area contributed by atoms with Crippen LogP contribution in [0.15, 0.2) is 182 Å². The van der Waals surface area contributed by atoms with Crippen LogP contribution >= 0.6 is 11.6 Å². The van der Waals surface area contributed by atoms with Crippen molar-refractivity contribution in [3.63, 3.8) is 0 Å². The monoisotopic (exact) mass is 643 g/mol. The molecule has 0 heterocycles. The normalized spacial score (nSPS) is 13.2. The zero-order chi connectivity index (χ0) is 32.5. The van der Waals surface area contributed by atoms with E-state index in [9.17, 15) is 0 Å². The number of rotatable bonds is 4. The zero-order valence-electron chi connectivity index (χ0n) is 26.6. The topological polar surface area (TPSA) is 3.24 Å². The molecule has 0 saturated carbocycles. The van der Waals surface area contributed by atoms with Crippen molar-refractivity contribution in [3.05, 3.63) is 209 Å². The van der Waals surface area contributed by atoms with Crippen molar-refractivity contribution in [1.29, 1.82) is 0 Å².